The first kappa shape index (κ1) is 23.8. The van der Waals surface area contributed by atoms with Crippen LogP contribution in [0.25, 0.3) is 4.85 Å². The lowest BCUT2D eigenvalue weighted by Crippen LogP contribution is -2.20. The number of carbonyl (C=O) groups is 1. The van der Waals surface area contributed by atoms with Gasteiger partial charge in [-0.2, -0.15) is 13.2 Å². The minimum atomic E-state index is -4.55. The lowest BCUT2D eigenvalue weighted by molar-refractivity contribution is -0.137. The molecule has 0 heterocycles. The largest absolute Gasteiger partial charge is 0.416 e. The Kier molecular flexibility index (Phi) is 6.74. The van der Waals surface area contributed by atoms with Crippen LogP contribution in [0.1, 0.15) is 16.7 Å². The fourth-order valence-corrected chi connectivity index (χ4v) is 4.70. The van der Waals surface area contributed by atoms with E-state index in [-0.39, 0.29) is 22.0 Å². The van der Waals surface area contributed by atoms with Gasteiger partial charge in [-0.25, -0.2) is 18.1 Å². The summed E-state index contributed by atoms with van der Waals surface area (Å²) >= 11 is 0. The summed E-state index contributed by atoms with van der Waals surface area (Å²) in [6, 6.07) is 13.8. The van der Waals surface area contributed by atoms with E-state index in [4.69, 9.17) is 6.57 Å². The number of hydrogen-bond donors (Lipinski definition) is 2. The predicted octanol–water partition coefficient (Wildman–Crippen LogP) is 6.18. The summed E-state index contributed by atoms with van der Waals surface area (Å²) in [5.74, 6) is -0.300. The molecule has 0 aromatic heterocycles. The van der Waals surface area contributed by atoms with Gasteiger partial charge < -0.3 is 10.6 Å². The minimum Gasteiger partial charge on any atom is -0.308 e. The van der Waals surface area contributed by atoms with Crippen LogP contribution in [-0.4, -0.2) is 14.4 Å². The van der Waals surface area contributed by atoms with Crippen molar-refractivity contribution in [1.82, 2.24) is 0 Å². The van der Waals surface area contributed by atoms with Gasteiger partial charge in [-0.15, -0.1) is 0 Å². The summed E-state index contributed by atoms with van der Waals surface area (Å²) in [4.78, 5) is 15.5. The van der Waals surface area contributed by atoms with Gasteiger partial charge >= 0.3 is 12.2 Å². The van der Waals surface area contributed by atoms with Crippen LogP contribution in [0.15, 0.2) is 71.6 Å². The topological polar surface area (TPSA) is 79.6 Å². The first-order chi connectivity index (χ1) is 15.5. The molecular formula is C23H18F3N3O3S. The third-order valence-electron chi connectivity index (χ3n) is 4.65. The number of carbonyl (C=O) groups excluding carboxylic acids is 1. The van der Waals surface area contributed by atoms with Crippen molar-refractivity contribution in [2.24, 2.45) is 0 Å². The van der Waals surface area contributed by atoms with Crippen LogP contribution >= 0.6 is 0 Å². The molecule has 0 aliphatic heterocycles. The first-order valence-corrected chi connectivity index (χ1v) is 11.2. The van der Waals surface area contributed by atoms with E-state index in [0.717, 1.165) is 12.1 Å². The highest BCUT2D eigenvalue weighted by atomic mass is 32.2. The van der Waals surface area contributed by atoms with E-state index in [1.165, 1.54) is 42.5 Å². The second-order valence-corrected chi connectivity index (χ2v) is 9.13. The molecule has 10 heteroatoms. The Morgan fingerprint density at radius 1 is 0.970 bits per heavy atom. The van der Waals surface area contributed by atoms with Gasteiger partial charge in [0.25, 0.3) is 0 Å². The average Bonchev–Trinajstić information content (AvgIpc) is 2.75. The normalized spacial score (nSPS) is 11.5. The molecule has 3 aromatic rings. The summed E-state index contributed by atoms with van der Waals surface area (Å²) < 4.78 is 64.4. The number of anilines is 2. The molecule has 6 nitrogen and oxygen atoms in total. The van der Waals surface area contributed by atoms with Crippen molar-refractivity contribution >= 4 is 32.9 Å². The lowest BCUT2D eigenvalue weighted by atomic mass is 10.2. The molecule has 0 radical (unpaired) electrons. The van der Waals surface area contributed by atoms with Gasteiger partial charge in [0, 0.05) is 11.4 Å². The maximum Gasteiger partial charge on any atom is 0.416 e. The Labute approximate surface area is 188 Å². The summed E-state index contributed by atoms with van der Waals surface area (Å²) in [6.45, 7) is 8.57. The molecule has 0 saturated heterocycles. The first-order valence-electron chi connectivity index (χ1n) is 9.53. The lowest BCUT2D eigenvalue weighted by Gasteiger charge is -2.13. The van der Waals surface area contributed by atoms with Gasteiger partial charge in [0.05, 0.1) is 22.8 Å². The van der Waals surface area contributed by atoms with Crippen LogP contribution in [0.2, 0.25) is 0 Å². The third-order valence-corrected chi connectivity index (χ3v) is 6.47. The van der Waals surface area contributed by atoms with Crippen molar-refractivity contribution in [3.8, 4) is 0 Å². The van der Waals surface area contributed by atoms with Crippen molar-refractivity contribution in [2.75, 3.05) is 10.6 Å². The molecule has 3 rings (SSSR count). The number of nitrogens with one attached hydrogen (secondary N) is 2. The standard InChI is InChI=1S/C23H18F3N3O3S/c1-15-6-9-20(29-22(30)28-19-5-3-4-17(12-19)23(24,25)26)13-21(15)33(31,32)14-16-7-10-18(27-2)11-8-16/h3-13H,14H2,1H3,(H2,28,29,30). The maximum atomic E-state index is 12.9. The number of nitrogens with zero attached hydrogens (tertiary/aromatic N) is 1. The smallest absolute Gasteiger partial charge is 0.308 e. The van der Waals surface area contributed by atoms with Crippen LogP contribution in [-0.2, 0) is 21.8 Å². The third kappa shape index (κ3) is 6.11. The number of aryl methyl sites for hydroxylation is 1. The van der Waals surface area contributed by atoms with Gasteiger partial charge in [-0.05, 0) is 48.4 Å². The van der Waals surface area contributed by atoms with E-state index in [1.54, 1.807) is 19.1 Å². The zero-order valence-corrected chi connectivity index (χ0v) is 18.1. The fourth-order valence-electron chi connectivity index (χ4n) is 3.04. The van der Waals surface area contributed by atoms with Crippen molar-refractivity contribution in [2.45, 2.75) is 23.7 Å². The van der Waals surface area contributed by atoms with Crippen LogP contribution in [0, 0.1) is 13.5 Å². The number of hydrogen-bond acceptors (Lipinski definition) is 3. The number of halogens is 3. The van der Waals surface area contributed by atoms with Crippen LogP contribution in [0.5, 0.6) is 0 Å². The zero-order chi connectivity index (χ0) is 24.2. The molecule has 0 aliphatic carbocycles. The fraction of sp³-hybridized carbons (Fsp3) is 0.130. The van der Waals surface area contributed by atoms with Crippen molar-refractivity contribution in [3.63, 3.8) is 0 Å². The zero-order valence-electron chi connectivity index (χ0n) is 17.3. The molecule has 0 unspecified atom stereocenters. The quantitative estimate of drug-likeness (QED) is 0.434. The molecule has 0 spiro atoms. The summed E-state index contributed by atoms with van der Waals surface area (Å²) in [5.41, 5.74) is 0.551. The van der Waals surface area contributed by atoms with E-state index < -0.39 is 27.6 Å². The molecule has 0 fully saturated rings. The van der Waals surface area contributed by atoms with E-state index in [2.05, 4.69) is 15.5 Å². The number of sulfone groups is 1. The molecule has 0 saturated carbocycles. The van der Waals surface area contributed by atoms with E-state index >= 15 is 0 Å². The SMILES string of the molecule is [C-]#[N+]c1ccc(CS(=O)(=O)c2cc(NC(=O)Nc3cccc(C(F)(F)F)c3)ccc2C)cc1. The summed E-state index contributed by atoms with van der Waals surface area (Å²) in [5, 5.41) is 4.74. The highest BCUT2D eigenvalue weighted by Crippen LogP contribution is 2.31. The molecule has 0 aliphatic rings. The predicted molar refractivity (Wildman–Crippen MR) is 119 cm³/mol. The minimum absolute atomic E-state index is 0.00799. The van der Waals surface area contributed by atoms with Crippen LogP contribution in [0.3, 0.4) is 0 Å². The summed E-state index contributed by atoms with van der Waals surface area (Å²) in [7, 11) is -3.78. The molecule has 0 atom stereocenters. The van der Waals surface area contributed by atoms with E-state index in [9.17, 15) is 26.4 Å². The molecule has 0 bridgehead atoms. The van der Waals surface area contributed by atoms with Crippen molar-refractivity contribution in [1.29, 1.82) is 0 Å². The van der Waals surface area contributed by atoms with Crippen molar-refractivity contribution in [3.05, 3.63) is 94.8 Å². The average molecular weight is 473 g/mol. The molecule has 33 heavy (non-hydrogen) atoms. The second kappa shape index (κ2) is 9.34. The molecule has 2 amide bonds. The molecule has 2 N–H and O–H groups in total. The highest BCUT2D eigenvalue weighted by molar-refractivity contribution is 7.90. The van der Waals surface area contributed by atoms with Gasteiger partial charge in [0.2, 0.25) is 0 Å². The highest BCUT2D eigenvalue weighted by Gasteiger charge is 2.30. The number of urea groups is 1. The van der Waals surface area contributed by atoms with E-state index in [1.807, 2.05) is 0 Å². The Morgan fingerprint density at radius 3 is 2.21 bits per heavy atom. The van der Waals surface area contributed by atoms with E-state index in [0.29, 0.717) is 16.8 Å². The number of benzene rings is 3. The number of rotatable bonds is 5. The monoisotopic (exact) mass is 473 g/mol. The van der Waals surface area contributed by atoms with Gasteiger partial charge in [-0.3, -0.25) is 0 Å². The maximum absolute atomic E-state index is 12.9. The molecular weight excluding hydrogens is 455 g/mol. The van der Waals surface area contributed by atoms with Gasteiger partial charge in [0.15, 0.2) is 15.5 Å². The molecule has 3 aromatic carbocycles. The number of alkyl halides is 3. The van der Waals surface area contributed by atoms with Crippen molar-refractivity contribution < 1.29 is 26.4 Å². The Hall–Kier alpha value is -3.84. The van der Waals surface area contributed by atoms with Gasteiger partial charge in [0.1, 0.15) is 0 Å². The Morgan fingerprint density at radius 2 is 1.61 bits per heavy atom. The Bertz CT molecular complexity index is 1330. The second-order valence-electron chi connectivity index (χ2n) is 7.18. The molecule has 170 valence electrons. The summed E-state index contributed by atoms with van der Waals surface area (Å²) in [6.07, 6.45) is -4.55. The van der Waals surface area contributed by atoms with Crippen LogP contribution in [0.4, 0.5) is 35.0 Å². The van der Waals surface area contributed by atoms with Gasteiger partial charge in [-0.1, -0.05) is 36.4 Å². The van der Waals surface area contributed by atoms with Crippen LogP contribution < -0.4 is 10.6 Å². The Balaban J connectivity index is 1.77. The number of amides is 2.